The van der Waals surface area contributed by atoms with Gasteiger partial charge in [0.2, 0.25) is 0 Å². The van der Waals surface area contributed by atoms with Gasteiger partial charge in [0.05, 0.1) is 16.5 Å². The second kappa shape index (κ2) is 10.1. The SMILES string of the molecule is Cc1nc(Oc2ccccc2)c([N+](=O)[O-])c(CCOCCCc2nccs2)c1C. The molecule has 2 aromatic heterocycles. The molecule has 0 aliphatic heterocycles. The minimum absolute atomic E-state index is 0.0167. The van der Waals surface area contributed by atoms with Crippen LogP contribution in [0.1, 0.15) is 28.2 Å². The molecule has 0 saturated heterocycles. The highest BCUT2D eigenvalue weighted by atomic mass is 32.1. The summed E-state index contributed by atoms with van der Waals surface area (Å²) in [5.41, 5.74) is 2.01. The van der Waals surface area contributed by atoms with Crippen LogP contribution in [0.25, 0.3) is 0 Å². The Bertz CT molecular complexity index is 946. The molecule has 7 nitrogen and oxygen atoms in total. The fourth-order valence-electron chi connectivity index (χ4n) is 2.96. The number of para-hydroxylation sites is 1. The molecule has 29 heavy (non-hydrogen) atoms. The molecule has 0 amide bonds. The van der Waals surface area contributed by atoms with Crippen molar-refractivity contribution in [3.05, 3.63) is 73.9 Å². The van der Waals surface area contributed by atoms with Crippen LogP contribution in [0.3, 0.4) is 0 Å². The lowest BCUT2D eigenvalue weighted by molar-refractivity contribution is -0.386. The van der Waals surface area contributed by atoms with E-state index >= 15 is 0 Å². The molecule has 0 aliphatic rings. The maximum atomic E-state index is 11.8. The number of ether oxygens (including phenoxy) is 2. The van der Waals surface area contributed by atoms with Gasteiger partial charge in [-0.3, -0.25) is 10.1 Å². The monoisotopic (exact) mass is 413 g/mol. The smallest absolute Gasteiger partial charge is 0.334 e. The molecule has 0 saturated carbocycles. The van der Waals surface area contributed by atoms with Gasteiger partial charge in [0.25, 0.3) is 5.88 Å². The summed E-state index contributed by atoms with van der Waals surface area (Å²) in [5, 5.41) is 14.8. The van der Waals surface area contributed by atoms with Crippen molar-refractivity contribution in [3.8, 4) is 11.6 Å². The zero-order valence-corrected chi connectivity index (χ0v) is 17.3. The summed E-state index contributed by atoms with van der Waals surface area (Å²) in [7, 11) is 0. The van der Waals surface area contributed by atoms with Crippen LogP contribution >= 0.6 is 11.3 Å². The van der Waals surface area contributed by atoms with Crippen molar-refractivity contribution in [1.82, 2.24) is 9.97 Å². The summed E-state index contributed by atoms with van der Waals surface area (Å²) in [6.45, 7) is 4.66. The molecule has 3 rings (SSSR count). The third-order valence-electron chi connectivity index (χ3n) is 4.55. The largest absolute Gasteiger partial charge is 0.434 e. The van der Waals surface area contributed by atoms with Crippen LogP contribution < -0.4 is 4.74 Å². The van der Waals surface area contributed by atoms with E-state index in [9.17, 15) is 10.1 Å². The van der Waals surface area contributed by atoms with Crippen LogP contribution in [0.5, 0.6) is 11.6 Å². The van der Waals surface area contributed by atoms with Gasteiger partial charge in [-0.2, -0.15) is 0 Å². The highest BCUT2D eigenvalue weighted by Crippen LogP contribution is 2.35. The summed E-state index contributed by atoms with van der Waals surface area (Å²) in [4.78, 5) is 20.0. The Labute approximate surface area is 173 Å². The third kappa shape index (κ3) is 5.58. The van der Waals surface area contributed by atoms with Crippen LogP contribution in [-0.2, 0) is 17.6 Å². The molecule has 152 valence electrons. The quantitative estimate of drug-likeness (QED) is 0.263. The summed E-state index contributed by atoms with van der Waals surface area (Å²) in [6, 6.07) is 8.95. The lowest BCUT2D eigenvalue weighted by atomic mass is 10.0. The molecule has 1 aromatic carbocycles. The van der Waals surface area contributed by atoms with Crippen molar-refractivity contribution in [3.63, 3.8) is 0 Å². The molecule has 0 unspecified atom stereocenters. The van der Waals surface area contributed by atoms with Crippen molar-refractivity contribution >= 4 is 17.0 Å². The Kier molecular flexibility index (Phi) is 7.26. The van der Waals surface area contributed by atoms with E-state index in [4.69, 9.17) is 9.47 Å². The van der Waals surface area contributed by atoms with Gasteiger partial charge >= 0.3 is 5.69 Å². The first kappa shape index (κ1) is 20.9. The first-order valence-corrected chi connectivity index (χ1v) is 10.3. The van der Waals surface area contributed by atoms with Gasteiger partial charge in [-0.05, 0) is 38.0 Å². The van der Waals surface area contributed by atoms with Gasteiger partial charge in [-0.25, -0.2) is 9.97 Å². The molecule has 0 radical (unpaired) electrons. The molecule has 0 fully saturated rings. The van der Waals surface area contributed by atoms with Crippen LogP contribution in [0.2, 0.25) is 0 Å². The summed E-state index contributed by atoms with van der Waals surface area (Å²) in [5.74, 6) is 0.527. The highest BCUT2D eigenvalue weighted by Gasteiger charge is 2.26. The van der Waals surface area contributed by atoms with Crippen LogP contribution in [0.4, 0.5) is 5.69 Å². The number of aryl methyl sites for hydroxylation is 2. The maximum absolute atomic E-state index is 11.8. The maximum Gasteiger partial charge on any atom is 0.334 e. The van der Waals surface area contributed by atoms with Crippen molar-refractivity contribution in [2.24, 2.45) is 0 Å². The van der Waals surface area contributed by atoms with E-state index in [1.165, 1.54) is 0 Å². The molecule has 0 bridgehead atoms. The Hall–Kier alpha value is -2.84. The fourth-order valence-corrected chi connectivity index (χ4v) is 3.62. The first-order chi connectivity index (χ1) is 14.1. The van der Waals surface area contributed by atoms with Crippen molar-refractivity contribution < 1.29 is 14.4 Å². The molecule has 0 spiro atoms. The summed E-state index contributed by atoms with van der Waals surface area (Å²) in [6.07, 6.45) is 3.96. The molecule has 0 atom stereocenters. The zero-order valence-electron chi connectivity index (χ0n) is 16.5. The predicted octanol–water partition coefficient (Wildman–Crippen LogP) is 5.05. The molecular formula is C21H23N3O4S. The fraction of sp³-hybridized carbons (Fsp3) is 0.333. The zero-order chi connectivity index (χ0) is 20.6. The predicted molar refractivity (Wildman–Crippen MR) is 112 cm³/mol. The van der Waals surface area contributed by atoms with E-state index in [-0.39, 0.29) is 11.6 Å². The Morgan fingerprint density at radius 2 is 1.93 bits per heavy atom. The number of nitrogens with zero attached hydrogens (tertiary/aromatic N) is 3. The van der Waals surface area contributed by atoms with Crippen molar-refractivity contribution in [2.45, 2.75) is 33.1 Å². The number of thiazole rings is 1. The van der Waals surface area contributed by atoms with Crippen LogP contribution in [-0.4, -0.2) is 28.1 Å². The van der Waals surface area contributed by atoms with Crippen LogP contribution in [0.15, 0.2) is 41.9 Å². The van der Waals surface area contributed by atoms with Gasteiger partial charge in [0.1, 0.15) is 5.75 Å². The third-order valence-corrected chi connectivity index (χ3v) is 5.39. The Morgan fingerprint density at radius 3 is 2.62 bits per heavy atom. The van der Waals surface area contributed by atoms with Gasteiger partial charge in [0.15, 0.2) is 0 Å². The normalized spacial score (nSPS) is 10.8. The summed E-state index contributed by atoms with van der Waals surface area (Å²) < 4.78 is 11.5. The molecule has 3 aromatic rings. The molecular weight excluding hydrogens is 390 g/mol. The Morgan fingerprint density at radius 1 is 1.14 bits per heavy atom. The van der Waals surface area contributed by atoms with E-state index in [0.717, 1.165) is 23.4 Å². The number of pyridine rings is 1. The van der Waals surface area contributed by atoms with Gasteiger partial charge in [-0.1, -0.05) is 18.2 Å². The van der Waals surface area contributed by atoms with Gasteiger partial charge in [-0.15, -0.1) is 11.3 Å². The lowest BCUT2D eigenvalue weighted by Crippen LogP contribution is -2.09. The standard InChI is InChI=1S/C21H23N3O4S/c1-15-16(2)23-21(28-17-7-4-3-5-8-17)20(24(25)26)18(15)10-13-27-12-6-9-19-22-11-14-29-19/h3-5,7-8,11,14H,6,9-10,12-13H2,1-2H3. The number of benzene rings is 1. The number of nitro groups is 1. The van der Waals surface area contributed by atoms with Crippen molar-refractivity contribution in [2.75, 3.05) is 13.2 Å². The second-order valence-electron chi connectivity index (χ2n) is 6.52. The van der Waals surface area contributed by atoms with E-state index < -0.39 is 4.92 Å². The topological polar surface area (TPSA) is 87.4 Å². The van der Waals surface area contributed by atoms with E-state index in [0.29, 0.717) is 36.6 Å². The number of hydrogen-bond donors (Lipinski definition) is 0. The lowest BCUT2D eigenvalue weighted by Gasteiger charge is -2.13. The Balaban J connectivity index is 1.68. The molecule has 8 heteroatoms. The molecule has 0 N–H and O–H groups in total. The van der Waals surface area contributed by atoms with Gasteiger partial charge in [0, 0.05) is 42.3 Å². The van der Waals surface area contributed by atoms with E-state index in [1.54, 1.807) is 29.7 Å². The number of aromatic nitrogens is 2. The molecule has 0 aliphatic carbocycles. The minimum Gasteiger partial charge on any atom is -0.434 e. The van der Waals surface area contributed by atoms with E-state index in [1.807, 2.05) is 37.4 Å². The van der Waals surface area contributed by atoms with Crippen molar-refractivity contribution in [1.29, 1.82) is 0 Å². The average molecular weight is 413 g/mol. The first-order valence-electron chi connectivity index (χ1n) is 9.39. The average Bonchev–Trinajstić information content (AvgIpc) is 3.22. The minimum atomic E-state index is -0.421. The number of rotatable bonds is 10. The van der Waals surface area contributed by atoms with Gasteiger partial charge < -0.3 is 9.47 Å². The van der Waals surface area contributed by atoms with E-state index in [2.05, 4.69) is 9.97 Å². The summed E-state index contributed by atoms with van der Waals surface area (Å²) >= 11 is 1.63. The second-order valence-corrected chi connectivity index (χ2v) is 7.50. The molecule has 2 heterocycles. The van der Waals surface area contributed by atoms with Crippen LogP contribution in [0, 0.1) is 24.0 Å². The number of hydrogen-bond acceptors (Lipinski definition) is 7. The highest BCUT2D eigenvalue weighted by molar-refractivity contribution is 7.09.